The lowest BCUT2D eigenvalue weighted by Crippen LogP contribution is -2.57. The zero-order chi connectivity index (χ0) is 30.3. The number of carbonyl (C=O) groups is 4. The first-order valence-electron chi connectivity index (χ1n) is 14.3. The minimum atomic E-state index is -1.21. The minimum Gasteiger partial charge on any atom is -0.480 e. The third-order valence-electron chi connectivity index (χ3n) is 7.78. The van der Waals surface area contributed by atoms with Crippen LogP contribution in [0.4, 0.5) is 0 Å². The molecule has 12 heteroatoms. The Morgan fingerprint density at radius 2 is 1.74 bits per heavy atom. The van der Waals surface area contributed by atoms with Crippen LogP contribution in [-0.2, 0) is 38.4 Å². The van der Waals surface area contributed by atoms with Gasteiger partial charge in [-0.25, -0.2) is 9.78 Å². The monoisotopic (exact) mass is 585 g/mol. The molecule has 0 radical (unpaired) electrons. The van der Waals surface area contributed by atoms with E-state index in [9.17, 15) is 24.3 Å². The summed E-state index contributed by atoms with van der Waals surface area (Å²) in [6.07, 6.45) is 6.33. The third-order valence-corrected chi connectivity index (χ3v) is 7.78. The predicted octanol–water partition coefficient (Wildman–Crippen LogP) is 1.29. The fourth-order valence-corrected chi connectivity index (χ4v) is 5.56. The number of carboxylic acid groups (broad SMARTS) is 1. The Balaban J connectivity index is 1.34. The molecule has 3 heterocycles. The highest BCUT2D eigenvalue weighted by Gasteiger charge is 2.38. The first kappa shape index (κ1) is 29.5. The van der Waals surface area contributed by atoms with E-state index in [0.29, 0.717) is 25.1 Å². The molecule has 12 nitrogen and oxygen atoms in total. The highest BCUT2D eigenvalue weighted by molar-refractivity contribution is 5.95. The van der Waals surface area contributed by atoms with Gasteiger partial charge in [0.15, 0.2) is 0 Å². The zero-order valence-electron chi connectivity index (χ0n) is 23.5. The van der Waals surface area contributed by atoms with Crippen molar-refractivity contribution in [1.82, 2.24) is 30.5 Å². The lowest BCUT2D eigenvalue weighted by molar-refractivity contribution is -0.143. The average Bonchev–Trinajstić information content (AvgIpc) is 3.78. The number of aromatic amines is 2. The number of amides is 3. The van der Waals surface area contributed by atoms with Crippen LogP contribution < -0.4 is 16.4 Å². The van der Waals surface area contributed by atoms with E-state index in [1.54, 1.807) is 36.7 Å². The molecule has 0 saturated carbocycles. The van der Waals surface area contributed by atoms with E-state index in [-0.39, 0.29) is 25.2 Å². The van der Waals surface area contributed by atoms with Gasteiger partial charge in [0, 0.05) is 54.8 Å². The number of imidazole rings is 1. The molecular formula is C31H35N7O5. The quantitative estimate of drug-likeness (QED) is 0.145. The second-order valence-electron chi connectivity index (χ2n) is 10.8. The number of para-hydroxylation sites is 1. The van der Waals surface area contributed by atoms with Gasteiger partial charge < -0.3 is 36.3 Å². The van der Waals surface area contributed by atoms with Crippen molar-refractivity contribution in [2.24, 2.45) is 5.73 Å². The topological polar surface area (TPSA) is 186 Å². The molecule has 1 aliphatic heterocycles. The average molecular weight is 586 g/mol. The van der Waals surface area contributed by atoms with Crippen molar-refractivity contribution in [2.45, 2.75) is 56.3 Å². The summed E-state index contributed by atoms with van der Waals surface area (Å²) in [6, 6.07) is 12.6. The number of rotatable bonds is 12. The van der Waals surface area contributed by atoms with Gasteiger partial charge >= 0.3 is 5.97 Å². The van der Waals surface area contributed by atoms with Crippen LogP contribution in [-0.4, -0.2) is 79.4 Å². The molecule has 2 aromatic carbocycles. The number of carboxylic acids is 1. The molecular weight excluding hydrogens is 550 g/mol. The van der Waals surface area contributed by atoms with Crippen molar-refractivity contribution in [2.75, 3.05) is 6.54 Å². The summed E-state index contributed by atoms with van der Waals surface area (Å²) < 4.78 is 0. The molecule has 3 amide bonds. The van der Waals surface area contributed by atoms with Crippen LogP contribution in [0, 0.1) is 0 Å². The van der Waals surface area contributed by atoms with Crippen LogP contribution in [0.3, 0.4) is 0 Å². The van der Waals surface area contributed by atoms with E-state index in [4.69, 9.17) is 5.73 Å². The van der Waals surface area contributed by atoms with E-state index in [1.165, 1.54) is 11.2 Å². The van der Waals surface area contributed by atoms with Crippen molar-refractivity contribution < 1.29 is 24.3 Å². The molecule has 2 aromatic heterocycles. The number of aromatic nitrogens is 3. The maximum atomic E-state index is 13.7. The Hall–Kier alpha value is -4.97. The van der Waals surface area contributed by atoms with Gasteiger partial charge in [-0.2, -0.15) is 0 Å². The van der Waals surface area contributed by atoms with Crippen LogP contribution >= 0.6 is 0 Å². The number of aliphatic carboxylic acids is 1. The molecule has 1 aliphatic rings. The van der Waals surface area contributed by atoms with Gasteiger partial charge in [0.25, 0.3) is 0 Å². The SMILES string of the molecule is NC(Cc1cnc[nH]1)C(=O)N1CCCC1C(=O)NC(Cc1c[nH]c2ccccc12)C(=O)NC(Cc1ccccc1)C(=O)O. The molecule has 0 spiro atoms. The first-order chi connectivity index (χ1) is 20.8. The number of hydrogen-bond donors (Lipinski definition) is 6. The second kappa shape index (κ2) is 13.3. The fraction of sp³-hybridized carbons (Fsp3) is 0.323. The van der Waals surface area contributed by atoms with Gasteiger partial charge in [0.2, 0.25) is 17.7 Å². The largest absolute Gasteiger partial charge is 0.480 e. The number of hydrogen-bond acceptors (Lipinski definition) is 6. The van der Waals surface area contributed by atoms with Gasteiger partial charge in [-0.15, -0.1) is 0 Å². The number of nitrogens with one attached hydrogen (secondary N) is 4. The molecule has 7 N–H and O–H groups in total. The summed E-state index contributed by atoms with van der Waals surface area (Å²) in [4.78, 5) is 64.2. The van der Waals surface area contributed by atoms with Crippen molar-refractivity contribution in [3.8, 4) is 0 Å². The van der Waals surface area contributed by atoms with Crippen molar-refractivity contribution in [3.05, 3.63) is 90.1 Å². The Morgan fingerprint density at radius 3 is 2.49 bits per heavy atom. The summed E-state index contributed by atoms with van der Waals surface area (Å²) in [5, 5.41) is 16.2. The normalized spacial score (nSPS) is 16.9. The van der Waals surface area contributed by atoms with Crippen molar-refractivity contribution in [1.29, 1.82) is 0 Å². The number of H-pyrrole nitrogens is 2. The summed E-state index contributed by atoms with van der Waals surface area (Å²) in [5.41, 5.74) is 9.31. The Labute approximate surface area is 248 Å². The summed E-state index contributed by atoms with van der Waals surface area (Å²) >= 11 is 0. The van der Waals surface area contributed by atoms with Crippen molar-refractivity contribution >= 4 is 34.6 Å². The number of likely N-dealkylation sites (tertiary alicyclic amines) is 1. The van der Waals surface area contributed by atoms with E-state index in [1.807, 2.05) is 30.3 Å². The van der Waals surface area contributed by atoms with E-state index < -0.39 is 42.0 Å². The van der Waals surface area contributed by atoms with Gasteiger partial charge in [-0.05, 0) is 30.0 Å². The molecule has 4 aromatic rings. The van der Waals surface area contributed by atoms with Crippen LogP contribution in [0.15, 0.2) is 73.3 Å². The number of fused-ring (bicyclic) bond motifs is 1. The molecule has 4 atom stereocenters. The van der Waals surface area contributed by atoms with Crippen LogP contribution in [0.2, 0.25) is 0 Å². The highest BCUT2D eigenvalue weighted by atomic mass is 16.4. The Bertz CT molecular complexity index is 1570. The van der Waals surface area contributed by atoms with Crippen LogP contribution in [0.5, 0.6) is 0 Å². The number of nitrogens with zero attached hydrogens (tertiary/aromatic N) is 2. The first-order valence-corrected chi connectivity index (χ1v) is 14.3. The number of carbonyl (C=O) groups excluding carboxylic acids is 3. The number of benzene rings is 2. The van der Waals surface area contributed by atoms with Crippen molar-refractivity contribution in [3.63, 3.8) is 0 Å². The van der Waals surface area contributed by atoms with Crippen LogP contribution in [0.25, 0.3) is 10.9 Å². The lowest BCUT2D eigenvalue weighted by Gasteiger charge is -2.28. The molecule has 1 fully saturated rings. The van der Waals surface area contributed by atoms with E-state index in [2.05, 4.69) is 25.6 Å². The molecule has 43 heavy (non-hydrogen) atoms. The molecule has 0 aliphatic carbocycles. The minimum absolute atomic E-state index is 0.0782. The third kappa shape index (κ3) is 7.09. The Kier molecular flexibility index (Phi) is 9.16. The molecule has 5 rings (SSSR count). The molecule has 224 valence electrons. The van der Waals surface area contributed by atoms with E-state index in [0.717, 1.165) is 22.0 Å². The standard InChI is InChI=1S/C31H35N7O5/c32-23(15-21-17-33-18-35-21)30(41)38-12-6-11-27(38)29(40)36-25(14-20-16-34-24-10-5-4-9-22(20)24)28(39)37-26(31(42)43)13-19-7-2-1-3-8-19/h1-5,7-10,16-18,23,25-27,34H,6,11-15,32H2,(H,33,35)(H,36,40)(H,37,39)(H,42,43). The van der Waals surface area contributed by atoms with Gasteiger partial charge in [0.1, 0.15) is 18.1 Å². The summed E-state index contributed by atoms with van der Waals surface area (Å²) in [7, 11) is 0. The maximum Gasteiger partial charge on any atom is 0.326 e. The van der Waals surface area contributed by atoms with Gasteiger partial charge in [-0.1, -0.05) is 48.5 Å². The predicted molar refractivity (Wildman–Crippen MR) is 159 cm³/mol. The van der Waals surface area contributed by atoms with Gasteiger partial charge in [0.05, 0.1) is 12.4 Å². The summed E-state index contributed by atoms with van der Waals surface area (Å²) in [5.74, 6) is -2.67. The highest BCUT2D eigenvalue weighted by Crippen LogP contribution is 2.22. The number of nitrogens with two attached hydrogens (primary N) is 1. The zero-order valence-corrected chi connectivity index (χ0v) is 23.5. The van der Waals surface area contributed by atoms with Crippen LogP contribution in [0.1, 0.15) is 29.7 Å². The molecule has 4 unspecified atom stereocenters. The van der Waals surface area contributed by atoms with E-state index >= 15 is 0 Å². The van der Waals surface area contributed by atoms with Gasteiger partial charge in [-0.3, -0.25) is 14.4 Å². The molecule has 0 bridgehead atoms. The smallest absolute Gasteiger partial charge is 0.326 e. The fourth-order valence-electron chi connectivity index (χ4n) is 5.56. The Morgan fingerprint density at radius 1 is 0.977 bits per heavy atom. The lowest BCUT2D eigenvalue weighted by atomic mass is 10.0. The maximum absolute atomic E-state index is 13.7. The summed E-state index contributed by atoms with van der Waals surface area (Å²) in [6.45, 7) is 0.366. The second-order valence-corrected chi connectivity index (χ2v) is 10.8. The molecule has 1 saturated heterocycles.